The molecule has 0 radical (unpaired) electrons. The van der Waals surface area contributed by atoms with Gasteiger partial charge in [0.15, 0.2) is 0 Å². The van der Waals surface area contributed by atoms with E-state index in [9.17, 15) is 5.26 Å². The Labute approximate surface area is 131 Å². The number of rotatable bonds is 2. The lowest BCUT2D eigenvalue weighted by molar-refractivity contribution is 1.27. The van der Waals surface area contributed by atoms with E-state index in [1.807, 2.05) is 24.3 Å². The fourth-order valence-corrected chi connectivity index (χ4v) is 2.53. The molecule has 0 aliphatic heterocycles. The van der Waals surface area contributed by atoms with Crippen LogP contribution < -0.4 is 0 Å². The topological polar surface area (TPSA) is 52.5 Å². The number of H-pyrrole nitrogens is 1. The van der Waals surface area contributed by atoms with Gasteiger partial charge in [0, 0.05) is 15.6 Å². The van der Waals surface area contributed by atoms with Crippen molar-refractivity contribution in [3.63, 3.8) is 0 Å². The molecule has 0 atom stereocenters. The molecule has 21 heavy (non-hydrogen) atoms. The van der Waals surface area contributed by atoms with Crippen LogP contribution in [0.15, 0.2) is 42.5 Å². The van der Waals surface area contributed by atoms with Crippen molar-refractivity contribution in [2.24, 2.45) is 0 Å². The van der Waals surface area contributed by atoms with Gasteiger partial charge in [-0.15, -0.1) is 0 Å². The van der Waals surface area contributed by atoms with E-state index in [-0.39, 0.29) is 0 Å². The SMILES string of the molecule is N#C/C(=C\c1c(Cl)cccc1Cl)c1nc2ccccc2[nH]1. The van der Waals surface area contributed by atoms with Crippen LogP contribution in [0.3, 0.4) is 0 Å². The molecule has 1 aromatic heterocycles. The number of para-hydroxylation sites is 2. The number of nitrogens with zero attached hydrogens (tertiary/aromatic N) is 2. The van der Waals surface area contributed by atoms with Gasteiger partial charge in [-0.1, -0.05) is 41.4 Å². The standard InChI is InChI=1S/C16H9Cl2N3/c17-12-4-3-5-13(18)11(12)8-10(9-19)16-20-14-6-1-2-7-15(14)21-16/h1-8H,(H,20,21)/b10-8+. The number of imidazole rings is 1. The Hall–Kier alpha value is -2.28. The molecule has 102 valence electrons. The molecule has 2 aromatic carbocycles. The predicted molar refractivity (Wildman–Crippen MR) is 86.0 cm³/mol. The lowest BCUT2D eigenvalue weighted by atomic mass is 10.1. The molecule has 0 saturated carbocycles. The van der Waals surface area contributed by atoms with Gasteiger partial charge in [0.1, 0.15) is 11.9 Å². The largest absolute Gasteiger partial charge is 0.337 e. The summed E-state index contributed by atoms with van der Waals surface area (Å²) >= 11 is 12.3. The highest BCUT2D eigenvalue weighted by molar-refractivity contribution is 6.37. The average Bonchev–Trinajstić information content (AvgIpc) is 2.90. The summed E-state index contributed by atoms with van der Waals surface area (Å²) in [5, 5.41) is 10.4. The van der Waals surface area contributed by atoms with Crippen molar-refractivity contribution < 1.29 is 0 Å². The molecule has 5 heteroatoms. The minimum absolute atomic E-state index is 0.376. The van der Waals surface area contributed by atoms with Crippen molar-refractivity contribution >= 4 is 45.9 Å². The molecule has 0 amide bonds. The number of hydrogen-bond acceptors (Lipinski definition) is 2. The predicted octanol–water partition coefficient (Wildman–Crippen LogP) is 4.93. The summed E-state index contributed by atoms with van der Waals surface area (Å²) in [6.07, 6.45) is 1.64. The smallest absolute Gasteiger partial charge is 0.149 e. The number of halogens is 2. The molecule has 0 spiro atoms. The molecule has 3 aromatic rings. The summed E-state index contributed by atoms with van der Waals surface area (Å²) < 4.78 is 0. The Balaban J connectivity index is 2.14. The van der Waals surface area contributed by atoms with Gasteiger partial charge in [-0.05, 0) is 30.3 Å². The maximum atomic E-state index is 9.38. The molecular weight excluding hydrogens is 305 g/mol. The van der Waals surface area contributed by atoms with Crippen LogP contribution in [0, 0.1) is 11.3 Å². The van der Waals surface area contributed by atoms with Gasteiger partial charge in [-0.2, -0.15) is 5.26 Å². The van der Waals surface area contributed by atoms with Crippen molar-refractivity contribution in [2.45, 2.75) is 0 Å². The second-order valence-electron chi connectivity index (χ2n) is 4.41. The van der Waals surface area contributed by atoms with Crippen molar-refractivity contribution in [1.82, 2.24) is 9.97 Å². The van der Waals surface area contributed by atoms with E-state index in [2.05, 4.69) is 16.0 Å². The summed E-state index contributed by atoms with van der Waals surface area (Å²) in [4.78, 5) is 7.52. The molecule has 1 N–H and O–H groups in total. The first-order chi connectivity index (χ1) is 10.2. The van der Waals surface area contributed by atoms with Crippen LogP contribution >= 0.6 is 23.2 Å². The van der Waals surface area contributed by atoms with Crippen LogP contribution in [-0.4, -0.2) is 9.97 Å². The van der Waals surface area contributed by atoms with Crippen LogP contribution in [0.4, 0.5) is 0 Å². The third-order valence-corrected chi connectivity index (χ3v) is 3.71. The molecule has 1 heterocycles. The van der Waals surface area contributed by atoms with Gasteiger partial charge in [0.2, 0.25) is 0 Å². The monoisotopic (exact) mass is 313 g/mol. The Morgan fingerprint density at radius 3 is 2.48 bits per heavy atom. The van der Waals surface area contributed by atoms with Crippen molar-refractivity contribution in [3.05, 3.63) is 63.9 Å². The van der Waals surface area contributed by atoms with E-state index in [4.69, 9.17) is 23.2 Å². The Morgan fingerprint density at radius 2 is 1.81 bits per heavy atom. The highest BCUT2D eigenvalue weighted by Gasteiger charge is 2.10. The van der Waals surface area contributed by atoms with E-state index in [1.54, 1.807) is 24.3 Å². The van der Waals surface area contributed by atoms with E-state index in [1.165, 1.54) is 0 Å². The van der Waals surface area contributed by atoms with E-state index < -0.39 is 0 Å². The number of allylic oxidation sites excluding steroid dienone is 1. The second kappa shape index (κ2) is 5.61. The maximum Gasteiger partial charge on any atom is 0.149 e. The second-order valence-corrected chi connectivity index (χ2v) is 5.22. The molecule has 3 rings (SSSR count). The van der Waals surface area contributed by atoms with Crippen LogP contribution in [0.25, 0.3) is 22.7 Å². The average molecular weight is 314 g/mol. The third-order valence-electron chi connectivity index (χ3n) is 3.05. The molecule has 0 aliphatic rings. The normalized spacial score (nSPS) is 11.6. The number of aromatic nitrogens is 2. The van der Waals surface area contributed by atoms with Gasteiger partial charge < -0.3 is 4.98 Å². The van der Waals surface area contributed by atoms with Gasteiger partial charge in [-0.25, -0.2) is 4.98 Å². The number of hydrogen-bond donors (Lipinski definition) is 1. The first kappa shape index (κ1) is 13.7. The van der Waals surface area contributed by atoms with Gasteiger partial charge >= 0.3 is 0 Å². The van der Waals surface area contributed by atoms with Crippen LogP contribution in [0.5, 0.6) is 0 Å². The number of fused-ring (bicyclic) bond motifs is 1. The van der Waals surface area contributed by atoms with Crippen LogP contribution in [0.2, 0.25) is 10.0 Å². The quantitative estimate of drug-likeness (QED) is 0.682. The lowest BCUT2D eigenvalue weighted by Crippen LogP contribution is -1.86. The van der Waals surface area contributed by atoms with Crippen LogP contribution in [0.1, 0.15) is 11.4 Å². The third kappa shape index (κ3) is 2.64. The summed E-state index contributed by atoms with van der Waals surface area (Å²) in [5.41, 5.74) is 2.66. The highest BCUT2D eigenvalue weighted by Crippen LogP contribution is 2.28. The zero-order valence-corrected chi connectivity index (χ0v) is 12.3. The minimum atomic E-state index is 0.376. The van der Waals surface area contributed by atoms with Crippen molar-refractivity contribution in [3.8, 4) is 6.07 Å². The number of nitrogens with one attached hydrogen (secondary N) is 1. The van der Waals surface area contributed by atoms with Crippen molar-refractivity contribution in [1.29, 1.82) is 5.26 Å². The Kier molecular flexibility index (Phi) is 3.66. The fourth-order valence-electron chi connectivity index (χ4n) is 2.03. The lowest BCUT2D eigenvalue weighted by Gasteiger charge is -2.01. The van der Waals surface area contributed by atoms with Crippen molar-refractivity contribution in [2.75, 3.05) is 0 Å². The maximum absolute atomic E-state index is 9.38. The Morgan fingerprint density at radius 1 is 1.10 bits per heavy atom. The first-order valence-electron chi connectivity index (χ1n) is 6.20. The number of benzene rings is 2. The van der Waals surface area contributed by atoms with Gasteiger partial charge in [0.25, 0.3) is 0 Å². The first-order valence-corrected chi connectivity index (χ1v) is 6.95. The highest BCUT2D eigenvalue weighted by atomic mass is 35.5. The van der Waals surface area contributed by atoms with E-state index in [0.717, 1.165) is 11.0 Å². The summed E-state index contributed by atoms with van der Waals surface area (Å²) in [5.74, 6) is 0.495. The van der Waals surface area contributed by atoms with E-state index >= 15 is 0 Å². The summed E-state index contributed by atoms with van der Waals surface area (Å²) in [6.45, 7) is 0. The van der Waals surface area contributed by atoms with Gasteiger partial charge in [0.05, 0.1) is 16.6 Å². The molecule has 0 bridgehead atoms. The molecule has 3 nitrogen and oxygen atoms in total. The molecule has 0 fully saturated rings. The zero-order valence-electron chi connectivity index (χ0n) is 10.8. The molecule has 0 saturated heterocycles. The van der Waals surface area contributed by atoms with E-state index in [0.29, 0.717) is 27.0 Å². The summed E-state index contributed by atoms with van der Waals surface area (Å²) in [7, 11) is 0. The fraction of sp³-hybridized carbons (Fsp3) is 0. The molecular formula is C16H9Cl2N3. The summed E-state index contributed by atoms with van der Waals surface area (Å²) in [6, 6.07) is 14.9. The zero-order chi connectivity index (χ0) is 14.8. The van der Waals surface area contributed by atoms with Gasteiger partial charge in [-0.3, -0.25) is 0 Å². The molecule has 0 unspecified atom stereocenters. The Bertz CT molecular complexity index is 835. The number of nitriles is 1. The molecule has 0 aliphatic carbocycles. The number of aromatic amines is 1. The van der Waals surface area contributed by atoms with Crippen LogP contribution in [-0.2, 0) is 0 Å². The minimum Gasteiger partial charge on any atom is -0.337 e.